The summed E-state index contributed by atoms with van der Waals surface area (Å²) in [6.45, 7) is 13.9. The third-order valence-corrected chi connectivity index (χ3v) is 6.13. The minimum Gasteiger partial charge on any atom is -0.464 e. The smallest absolute Gasteiger partial charge is 0.121 e. The number of hydrogen-bond donors (Lipinski definition) is 0. The van der Waals surface area contributed by atoms with Crippen LogP contribution in [0.25, 0.3) is 0 Å². The Kier molecular flexibility index (Phi) is 9.41. The molecule has 4 rings (SSSR count). The molecule has 0 aliphatic carbocycles. The largest absolute Gasteiger partial charge is 0.464 e. The van der Waals surface area contributed by atoms with E-state index in [4.69, 9.17) is 4.42 Å². The number of halogens is 2. The summed E-state index contributed by atoms with van der Waals surface area (Å²) in [4.78, 5) is 5.15. The fourth-order valence-electron chi connectivity index (χ4n) is 4.31. The molecule has 0 saturated carbocycles. The quantitative estimate of drug-likeness (QED) is 0.413. The van der Waals surface area contributed by atoms with Crippen molar-refractivity contribution in [3.05, 3.63) is 94.9 Å². The minimum atomic E-state index is 0. The minimum absolute atomic E-state index is 0. The van der Waals surface area contributed by atoms with Gasteiger partial charge in [-0.25, -0.2) is 0 Å². The lowest BCUT2D eigenvalue weighted by Crippen LogP contribution is -2.47. The maximum absolute atomic E-state index is 6.24. The normalized spacial score (nSPS) is 15.3. The van der Waals surface area contributed by atoms with Crippen LogP contribution in [0.2, 0.25) is 0 Å². The van der Waals surface area contributed by atoms with Gasteiger partial charge in [0.05, 0.1) is 12.6 Å². The zero-order chi connectivity index (χ0) is 21.1. The van der Waals surface area contributed by atoms with Crippen molar-refractivity contribution < 1.29 is 4.42 Å². The van der Waals surface area contributed by atoms with Gasteiger partial charge in [-0.15, -0.1) is 24.8 Å². The molecule has 1 saturated heterocycles. The number of benzene rings is 2. The summed E-state index contributed by atoms with van der Waals surface area (Å²) in [5, 5.41) is 0. The van der Waals surface area contributed by atoms with E-state index in [2.05, 4.69) is 104 Å². The lowest BCUT2D eigenvalue weighted by atomic mass is 9.93. The Hall–Kier alpha value is -1.78. The summed E-state index contributed by atoms with van der Waals surface area (Å²) in [6.07, 6.45) is 0. The van der Waals surface area contributed by atoms with Crippen LogP contribution in [0.3, 0.4) is 0 Å². The summed E-state index contributed by atoms with van der Waals surface area (Å²) >= 11 is 0. The number of aryl methyl sites for hydroxylation is 1. The first-order valence-corrected chi connectivity index (χ1v) is 11.1. The van der Waals surface area contributed by atoms with Crippen molar-refractivity contribution in [2.75, 3.05) is 26.2 Å². The molecule has 1 aliphatic rings. The molecule has 5 heteroatoms. The van der Waals surface area contributed by atoms with Crippen molar-refractivity contribution >= 4 is 24.8 Å². The van der Waals surface area contributed by atoms with Gasteiger partial charge in [0, 0.05) is 31.6 Å². The zero-order valence-electron chi connectivity index (χ0n) is 19.6. The van der Waals surface area contributed by atoms with Crippen LogP contribution in [0.15, 0.2) is 71.1 Å². The second-order valence-electron chi connectivity index (χ2n) is 9.50. The highest BCUT2D eigenvalue weighted by Gasteiger charge is 2.27. The van der Waals surface area contributed by atoms with Gasteiger partial charge in [-0.05, 0) is 29.7 Å². The predicted octanol–water partition coefficient (Wildman–Crippen LogP) is 6.64. The standard InChI is InChI=1S/C27H34N2O.2ClH/c1-21-19-25(27(2,3)4)30-24(21)20-28-15-17-29(18-16-28)26(22-11-7-5-8-12-22)23-13-9-6-10-14-23;;/h5-14,19,26H,15-18,20H2,1-4H3;2*1H. The Morgan fingerprint density at radius 1 is 0.812 bits per heavy atom. The van der Waals surface area contributed by atoms with E-state index in [0.717, 1.165) is 44.2 Å². The van der Waals surface area contributed by atoms with Gasteiger partial charge in [0.2, 0.25) is 0 Å². The van der Waals surface area contributed by atoms with E-state index in [0.29, 0.717) is 6.04 Å². The zero-order valence-corrected chi connectivity index (χ0v) is 21.2. The van der Waals surface area contributed by atoms with E-state index in [1.165, 1.54) is 16.7 Å². The van der Waals surface area contributed by atoms with Crippen LogP contribution >= 0.6 is 24.8 Å². The summed E-state index contributed by atoms with van der Waals surface area (Å²) in [5.41, 5.74) is 4.07. The van der Waals surface area contributed by atoms with Gasteiger partial charge in [-0.3, -0.25) is 9.80 Å². The van der Waals surface area contributed by atoms with Crippen LogP contribution in [0.1, 0.15) is 55.0 Å². The van der Waals surface area contributed by atoms with E-state index in [1.54, 1.807) is 0 Å². The number of furan rings is 1. The van der Waals surface area contributed by atoms with Crippen molar-refractivity contribution in [3.63, 3.8) is 0 Å². The Bertz CT molecular complexity index is 903. The van der Waals surface area contributed by atoms with Crippen LogP contribution < -0.4 is 0 Å². The second-order valence-corrected chi connectivity index (χ2v) is 9.50. The van der Waals surface area contributed by atoms with Gasteiger partial charge in [0.15, 0.2) is 0 Å². The molecular formula is C27H36Cl2N2O. The lowest BCUT2D eigenvalue weighted by Gasteiger charge is -2.39. The van der Waals surface area contributed by atoms with Gasteiger partial charge in [-0.2, -0.15) is 0 Å². The maximum atomic E-state index is 6.24. The van der Waals surface area contributed by atoms with E-state index in [9.17, 15) is 0 Å². The fourth-order valence-corrected chi connectivity index (χ4v) is 4.31. The molecule has 2 aromatic carbocycles. The number of hydrogen-bond acceptors (Lipinski definition) is 3. The summed E-state index contributed by atoms with van der Waals surface area (Å²) < 4.78 is 6.24. The molecule has 1 fully saturated rings. The molecule has 0 unspecified atom stereocenters. The molecule has 0 amide bonds. The van der Waals surface area contributed by atoms with E-state index >= 15 is 0 Å². The van der Waals surface area contributed by atoms with Gasteiger partial charge < -0.3 is 4.42 Å². The SMILES string of the molecule is Cc1cc(C(C)(C)C)oc1CN1CCN(C(c2ccccc2)c2ccccc2)CC1.Cl.Cl. The molecule has 32 heavy (non-hydrogen) atoms. The highest BCUT2D eigenvalue weighted by Crippen LogP contribution is 2.31. The number of rotatable bonds is 5. The molecule has 2 heterocycles. The molecule has 0 bridgehead atoms. The van der Waals surface area contributed by atoms with Crippen molar-refractivity contribution in [1.82, 2.24) is 9.80 Å². The second kappa shape index (κ2) is 11.4. The van der Waals surface area contributed by atoms with Crippen LogP contribution in [0, 0.1) is 6.92 Å². The van der Waals surface area contributed by atoms with Gasteiger partial charge in [0.25, 0.3) is 0 Å². The van der Waals surface area contributed by atoms with Crippen LogP contribution in [0.4, 0.5) is 0 Å². The summed E-state index contributed by atoms with van der Waals surface area (Å²) in [7, 11) is 0. The van der Waals surface area contributed by atoms with Crippen molar-refractivity contribution in [1.29, 1.82) is 0 Å². The molecule has 0 spiro atoms. The van der Waals surface area contributed by atoms with Crippen molar-refractivity contribution in [3.8, 4) is 0 Å². The number of piperazine rings is 1. The third-order valence-electron chi connectivity index (χ3n) is 6.13. The molecule has 3 nitrogen and oxygen atoms in total. The molecule has 3 aromatic rings. The van der Waals surface area contributed by atoms with Gasteiger partial charge in [0.1, 0.15) is 11.5 Å². The average molecular weight is 476 g/mol. The van der Waals surface area contributed by atoms with E-state index in [-0.39, 0.29) is 30.2 Å². The van der Waals surface area contributed by atoms with Crippen LogP contribution in [0.5, 0.6) is 0 Å². The Labute approximate surface area is 205 Å². The van der Waals surface area contributed by atoms with E-state index in [1.807, 2.05) is 0 Å². The summed E-state index contributed by atoms with van der Waals surface area (Å²) in [6, 6.07) is 24.3. The average Bonchev–Trinajstić information content (AvgIpc) is 3.12. The van der Waals surface area contributed by atoms with Crippen LogP contribution in [-0.4, -0.2) is 36.0 Å². The van der Waals surface area contributed by atoms with Gasteiger partial charge >= 0.3 is 0 Å². The molecule has 1 aliphatic heterocycles. The monoisotopic (exact) mass is 474 g/mol. The molecule has 1 aromatic heterocycles. The highest BCUT2D eigenvalue weighted by molar-refractivity contribution is 5.85. The third kappa shape index (κ3) is 6.17. The Morgan fingerprint density at radius 2 is 1.31 bits per heavy atom. The molecular weight excluding hydrogens is 439 g/mol. The molecule has 0 atom stereocenters. The Balaban J connectivity index is 0.00000181. The Morgan fingerprint density at radius 3 is 1.75 bits per heavy atom. The first kappa shape index (κ1) is 26.5. The van der Waals surface area contributed by atoms with Crippen molar-refractivity contribution in [2.45, 2.75) is 45.7 Å². The molecule has 0 N–H and O–H groups in total. The highest BCUT2D eigenvalue weighted by atomic mass is 35.5. The van der Waals surface area contributed by atoms with E-state index < -0.39 is 0 Å². The lowest BCUT2D eigenvalue weighted by molar-refractivity contribution is 0.0988. The number of nitrogens with zero attached hydrogens (tertiary/aromatic N) is 2. The fraction of sp³-hybridized carbons (Fsp3) is 0.407. The summed E-state index contributed by atoms with van der Waals surface area (Å²) in [5.74, 6) is 2.21. The maximum Gasteiger partial charge on any atom is 0.121 e. The topological polar surface area (TPSA) is 19.6 Å². The first-order valence-electron chi connectivity index (χ1n) is 11.1. The van der Waals surface area contributed by atoms with Gasteiger partial charge in [-0.1, -0.05) is 81.4 Å². The molecule has 0 radical (unpaired) electrons. The van der Waals surface area contributed by atoms with Crippen LogP contribution in [-0.2, 0) is 12.0 Å². The predicted molar refractivity (Wildman–Crippen MR) is 138 cm³/mol. The first-order chi connectivity index (χ1) is 14.4. The molecule has 174 valence electrons. The van der Waals surface area contributed by atoms with Crippen molar-refractivity contribution in [2.24, 2.45) is 0 Å².